The number of rotatable bonds is 75. The largest absolute Gasteiger partial charge is 0.472 e. The molecule has 0 amide bonds. The zero-order valence-electron chi connectivity index (χ0n) is 62.0. The standard InChI is InChI=1S/C76H148O17P2/c1-7-11-13-15-17-19-21-28-32-36-40-47-53-59-74(79)86-64-71(92-75(80)60-54-48-41-37-33-30-27-25-23-22-24-26-29-31-34-38-44-50-56-68(5)9-3)66-90-94(82,83)88-62-70(77)63-89-95(84,85)91-67-72(93-76(81)61-55-49-43-42-45-51-57-69(6)10-4)65-87-73(78)58-52-46-39-35-20-18-16-14-12-8-2/h68-72,77H,7-67H2,1-6H3,(H,82,83)(H,84,85)/t68?,69?,70-,71-,72-/m1/s1. The summed E-state index contributed by atoms with van der Waals surface area (Å²) in [7, 11) is -9.91. The third-order valence-corrected chi connectivity index (χ3v) is 20.3. The molecule has 0 aromatic rings. The van der Waals surface area contributed by atoms with Crippen LogP contribution in [0.3, 0.4) is 0 Å². The van der Waals surface area contributed by atoms with Crippen molar-refractivity contribution in [2.75, 3.05) is 39.6 Å². The minimum absolute atomic E-state index is 0.103. The third-order valence-electron chi connectivity index (χ3n) is 18.4. The molecule has 95 heavy (non-hydrogen) atoms. The van der Waals surface area contributed by atoms with Gasteiger partial charge in [-0.3, -0.25) is 37.3 Å². The van der Waals surface area contributed by atoms with Crippen LogP contribution in [0.1, 0.15) is 395 Å². The maximum atomic E-state index is 13.1. The number of hydrogen-bond donors (Lipinski definition) is 3. The number of aliphatic hydroxyl groups excluding tert-OH is 1. The predicted octanol–water partition coefficient (Wildman–Crippen LogP) is 22.3. The van der Waals surface area contributed by atoms with E-state index in [1.165, 1.54) is 212 Å². The summed E-state index contributed by atoms with van der Waals surface area (Å²) in [5.74, 6) is -0.527. The quantitative estimate of drug-likeness (QED) is 0.0222. The van der Waals surface area contributed by atoms with E-state index >= 15 is 0 Å². The fraction of sp³-hybridized carbons (Fsp3) is 0.947. The SMILES string of the molecule is CCCCCCCCCCCCCCCC(=O)OC[C@H](COP(=O)(O)OC[C@@H](O)COP(=O)(O)OC[C@@H](COC(=O)CCCCCCCCCCCC)OC(=O)CCCCCCCCC(C)CC)OC(=O)CCCCCCCCCCCCCCCCCCCCC(C)CC. The van der Waals surface area contributed by atoms with Crippen molar-refractivity contribution in [2.24, 2.45) is 11.8 Å². The molecule has 7 atom stereocenters. The first kappa shape index (κ1) is 93.1. The van der Waals surface area contributed by atoms with Crippen molar-refractivity contribution in [3.05, 3.63) is 0 Å². The van der Waals surface area contributed by atoms with Gasteiger partial charge in [-0.2, -0.15) is 0 Å². The average Bonchev–Trinajstić information content (AvgIpc) is 2.47. The molecule has 17 nitrogen and oxygen atoms in total. The summed E-state index contributed by atoms with van der Waals surface area (Å²) in [6.07, 6.45) is 55.5. The summed E-state index contributed by atoms with van der Waals surface area (Å²) in [6.45, 7) is 9.60. The molecule has 0 radical (unpaired) electrons. The molecule has 0 saturated carbocycles. The highest BCUT2D eigenvalue weighted by Crippen LogP contribution is 2.45. The predicted molar refractivity (Wildman–Crippen MR) is 386 cm³/mol. The molecule has 0 aliphatic carbocycles. The number of esters is 4. The molecule has 0 aromatic heterocycles. The lowest BCUT2D eigenvalue weighted by molar-refractivity contribution is -0.161. The Morgan fingerprint density at radius 3 is 0.747 bits per heavy atom. The second-order valence-electron chi connectivity index (χ2n) is 27.9. The molecule has 0 aliphatic heterocycles. The number of phosphoric ester groups is 2. The number of hydrogen-bond acceptors (Lipinski definition) is 15. The molecule has 0 heterocycles. The van der Waals surface area contributed by atoms with E-state index in [2.05, 4.69) is 41.5 Å². The normalized spacial score (nSPS) is 14.6. The maximum Gasteiger partial charge on any atom is 0.472 e. The molecule has 564 valence electrons. The molecule has 3 N–H and O–H groups in total. The average molecular weight is 1400 g/mol. The Morgan fingerprint density at radius 1 is 0.295 bits per heavy atom. The lowest BCUT2D eigenvalue weighted by atomic mass is 9.99. The number of carbonyl (C=O) groups is 4. The summed E-state index contributed by atoms with van der Waals surface area (Å²) in [6, 6.07) is 0. The van der Waals surface area contributed by atoms with Crippen LogP contribution >= 0.6 is 15.6 Å². The molecular formula is C76H148O17P2. The van der Waals surface area contributed by atoms with Crippen LogP contribution in [-0.2, 0) is 65.4 Å². The molecule has 0 aliphatic rings. The van der Waals surface area contributed by atoms with Gasteiger partial charge in [-0.15, -0.1) is 0 Å². The van der Waals surface area contributed by atoms with Gasteiger partial charge in [0.1, 0.15) is 19.3 Å². The first-order chi connectivity index (χ1) is 45.9. The van der Waals surface area contributed by atoms with E-state index in [1.807, 2.05) is 0 Å². The second-order valence-corrected chi connectivity index (χ2v) is 30.8. The molecule has 0 fully saturated rings. The first-order valence-corrected chi connectivity index (χ1v) is 42.6. The van der Waals surface area contributed by atoms with Crippen LogP contribution in [0.15, 0.2) is 0 Å². The number of carbonyl (C=O) groups excluding carboxylic acids is 4. The van der Waals surface area contributed by atoms with Gasteiger partial charge in [0.2, 0.25) is 0 Å². The van der Waals surface area contributed by atoms with Gasteiger partial charge in [0, 0.05) is 25.7 Å². The Kier molecular flexibility index (Phi) is 66.5. The molecular weight excluding hydrogens is 1250 g/mol. The Morgan fingerprint density at radius 2 is 0.505 bits per heavy atom. The number of ether oxygens (including phenoxy) is 4. The molecule has 19 heteroatoms. The van der Waals surface area contributed by atoms with Crippen LogP contribution in [-0.4, -0.2) is 96.7 Å². The van der Waals surface area contributed by atoms with E-state index in [0.717, 1.165) is 102 Å². The smallest absolute Gasteiger partial charge is 0.462 e. The minimum Gasteiger partial charge on any atom is -0.462 e. The van der Waals surface area contributed by atoms with E-state index in [-0.39, 0.29) is 25.7 Å². The summed E-state index contributed by atoms with van der Waals surface area (Å²) in [4.78, 5) is 72.7. The second kappa shape index (κ2) is 67.9. The summed E-state index contributed by atoms with van der Waals surface area (Å²) in [5, 5.41) is 10.6. The van der Waals surface area contributed by atoms with Crippen LogP contribution in [0.4, 0.5) is 0 Å². The van der Waals surface area contributed by atoms with Crippen molar-refractivity contribution in [1.29, 1.82) is 0 Å². The molecule has 0 bridgehead atoms. The zero-order chi connectivity index (χ0) is 70.0. The van der Waals surface area contributed by atoms with E-state index < -0.39 is 97.5 Å². The van der Waals surface area contributed by atoms with Crippen molar-refractivity contribution >= 4 is 39.5 Å². The molecule has 4 unspecified atom stereocenters. The lowest BCUT2D eigenvalue weighted by Crippen LogP contribution is -2.30. The van der Waals surface area contributed by atoms with Gasteiger partial charge in [0.25, 0.3) is 0 Å². The summed E-state index contributed by atoms with van der Waals surface area (Å²) < 4.78 is 68.4. The van der Waals surface area contributed by atoms with Crippen LogP contribution in [0, 0.1) is 11.8 Å². The molecule has 0 saturated heterocycles. The van der Waals surface area contributed by atoms with Crippen LogP contribution in [0.5, 0.6) is 0 Å². The highest BCUT2D eigenvalue weighted by molar-refractivity contribution is 7.47. The van der Waals surface area contributed by atoms with Crippen molar-refractivity contribution < 1.29 is 80.2 Å². The highest BCUT2D eigenvalue weighted by Gasteiger charge is 2.30. The first-order valence-electron chi connectivity index (χ1n) is 39.6. The van der Waals surface area contributed by atoms with Gasteiger partial charge in [-0.25, -0.2) is 9.13 Å². The zero-order valence-corrected chi connectivity index (χ0v) is 63.8. The number of unbranched alkanes of at least 4 members (excludes halogenated alkanes) is 43. The number of phosphoric acid groups is 2. The minimum atomic E-state index is -4.96. The van der Waals surface area contributed by atoms with Gasteiger partial charge >= 0.3 is 39.5 Å². The molecule has 0 rings (SSSR count). The van der Waals surface area contributed by atoms with Crippen LogP contribution < -0.4 is 0 Å². The van der Waals surface area contributed by atoms with E-state index in [0.29, 0.717) is 25.7 Å². The van der Waals surface area contributed by atoms with Gasteiger partial charge < -0.3 is 33.8 Å². The van der Waals surface area contributed by atoms with Gasteiger partial charge in [-0.05, 0) is 37.5 Å². The Bertz CT molecular complexity index is 1840. The van der Waals surface area contributed by atoms with E-state index in [1.54, 1.807) is 0 Å². The van der Waals surface area contributed by atoms with Crippen LogP contribution in [0.25, 0.3) is 0 Å². The van der Waals surface area contributed by atoms with Gasteiger partial charge in [0.05, 0.1) is 26.4 Å². The highest BCUT2D eigenvalue weighted by atomic mass is 31.2. The van der Waals surface area contributed by atoms with Crippen molar-refractivity contribution in [1.82, 2.24) is 0 Å². The third kappa shape index (κ3) is 67.6. The van der Waals surface area contributed by atoms with E-state index in [4.69, 9.17) is 37.0 Å². The maximum absolute atomic E-state index is 13.1. The van der Waals surface area contributed by atoms with E-state index in [9.17, 15) is 43.2 Å². The Balaban J connectivity index is 5.17. The topological polar surface area (TPSA) is 237 Å². The lowest BCUT2D eigenvalue weighted by Gasteiger charge is -2.21. The van der Waals surface area contributed by atoms with Gasteiger partial charge in [0.15, 0.2) is 12.2 Å². The fourth-order valence-electron chi connectivity index (χ4n) is 11.6. The van der Waals surface area contributed by atoms with Crippen molar-refractivity contribution in [3.8, 4) is 0 Å². The fourth-order valence-corrected chi connectivity index (χ4v) is 13.2. The monoisotopic (exact) mass is 1400 g/mol. The number of aliphatic hydroxyl groups is 1. The van der Waals surface area contributed by atoms with Crippen LogP contribution in [0.2, 0.25) is 0 Å². The summed E-state index contributed by atoms with van der Waals surface area (Å²) >= 11 is 0. The summed E-state index contributed by atoms with van der Waals surface area (Å²) in [5.41, 5.74) is 0. The van der Waals surface area contributed by atoms with Crippen molar-refractivity contribution in [3.63, 3.8) is 0 Å². The molecule has 0 aromatic carbocycles. The van der Waals surface area contributed by atoms with Gasteiger partial charge in [-0.1, -0.05) is 343 Å². The molecule has 0 spiro atoms. The Hall–Kier alpha value is -1.94. The Labute approximate surface area is 581 Å². The van der Waals surface area contributed by atoms with Crippen molar-refractivity contribution in [2.45, 2.75) is 413 Å².